The van der Waals surface area contributed by atoms with Crippen molar-refractivity contribution in [2.75, 3.05) is 20.2 Å². The summed E-state index contributed by atoms with van der Waals surface area (Å²) in [6.45, 7) is 0.458. The number of rotatable bonds is 5. The Hall–Kier alpha value is -1.95. The monoisotopic (exact) mass is 277 g/mol. The Balaban J connectivity index is 2.14. The maximum atomic E-state index is 12.2. The van der Waals surface area contributed by atoms with Gasteiger partial charge in [0.2, 0.25) is 11.8 Å². The van der Waals surface area contributed by atoms with E-state index in [1.165, 1.54) is 0 Å². The molecule has 2 N–H and O–H groups in total. The van der Waals surface area contributed by atoms with Crippen molar-refractivity contribution in [3.05, 3.63) is 30.1 Å². The van der Waals surface area contributed by atoms with E-state index in [1.807, 2.05) is 6.07 Å². The van der Waals surface area contributed by atoms with Crippen molar-refractivity contribution in [3.63, 3.8) is 0 Å². The van der Waals surface area contributed by atoms with Crippen LogP contribution in [0.1, 0.15) is 24.4 Å². The summed E-state index contributed by atoms with van der Waals surface area (Å²) < 4.78 is 0. The van der Waals surface area contributed by atoms with Crippen LogP contribution in [0.15, 0.2) is 24.5 Å². The molecule has 1 aliphatic heterocycles. The van der Waals surface area contributed by atoms with Crippen LogP contribution in [0, 0.1) is 5.92 Å². The number of aromatic nitrogens is 1. The summed E-state index contributed by atoms with van der Waals surface area (Å²) in [7, 11) is 1.71. The Morgan fingerprint density at radius 3 is 3.05 bits per heavy atom. The fraction of sp³-hybridized carbons (Fsp3) is 0.500. The number of aliphatic hydroxyl groups excluding tert-OH is 1. The molecule has 0 bridgehead atoms. The zero-order valence-corrected chi connectivity index (χ0v) is 11.5. The zero-order chi connectivity index (χ0) is 14.5. The summed E-state index contributed by atoms with van der Waals surface area (Å²) >= 11 is 0. The van der Waals surface area contributed by atoms with Crippen LogP contribution in [-0.2, 0) is 9.59 Å². The van der Waals surface area contributed by atoms with Crippen LogP contribution in [0.2, 0.25) is 0 Å². The Morgan fingerprint density at radius 2 is 2.40 bits per heavy atom. The van der Waals surface area contributed by atoms with Gasteiger partial charge in [-0.3, -0.25) is 14.6 Å². The molecule has 1 aromatic rings. The highest BCUT2D eigenvalue weighted by atomic mass is 16.3. The molecule has 6 nitrogen and oxygen atoms in total. The topological polar surface area (TPSA) is 82.5 Å². The molecule has 0 radical (unpaired) electrons. The molecule has 2 heterocycles. The minimum atomic E-state index is -0.407. The summed E-state index contributed by atoms with van der Waals surface area (Å²) in [6.07, 6.45) is 4.07. The first kappa shape index (κ1) is 14.5. The Morgan fingerprint density at radius 1 is 1.60 bits per heavy atom. The van der Waals surface area contributed by atoms with Crippen molar-refractivity contribution in [3.8, 4) is 0 Å². The molecule has 108 valence electrons. The first-order valence-corrected chi connectivity index (χ1v) is 6.69. The van der Waals surface area contributed by atoms with Gasteiger partial charge in [-0.25, -0.2) is 0 Å². The first-order chi connectivity index (χ1) is 9.65. The maximum Gasteiger partial charge on any atom is 0.226 e. The fourth-order valence-corrected chi connectivity index (χ4v) is 2.53. The summed E-state index contributed by atoms with van der Waals surface area (Å²) in [5, 5.41) is 11.5. The number of amides is 2. The number of likely N-dealkylation sites (tertiary alicyclic amines) is 1. The second-order valence-electron chi connectivity index (χ2n) is 4.91. The number of nitrogens with zero attached hydrogens (tertiary/aromatic N) is 2. The van der Waals surface area contributed by atoms with Crippen LogP contribution < -0.4 is 5.32 Å². The number of hydrogen-bond donors (Lipinski definition) is 2. The molecule has 0 aliphatic carbocycles. The fourth-order valence-electron chi connectivity index (χ4n) is 2.53. The average molecular weight is 277 g/mol. The molecule has 1 fully saturated rings. The van der Waals surface area contributed by atoms with E-state index in [1.54, 1.807) is 30.4 Å². The molecule has 6 heteroatoms. The van der Waals surface area contributed by atoms with E-state index in [9.17, 15) is 9.59 Å². The lowest BCUT2D eigenvalue weighted by molar-refractivity contribution is -0.128. The van der Waals surface area contributed by atoms with E-state index in [0.717, 1.165) is 5.56 Å². The third kappa shape index (κ3) is 2.96. The van der Waals surface area contributed by atoms with E-state index in [2.05, 4.69) is 10.3 Å². The van der Waals surface area contributed by atoms with Gasteiger partial charge >= 0.3 is 0 Å². The third-order valence-electron chi connectivity index (χ3n) is 3.58. The van der Waals surface area contributed by atoms with Crippen molar-refractivity contribution in [2.45, 2.75) is 18.9 Å². The van der Waals surface area contributed by atoms with Gasteiger partial charge in [-0.1, -0.05) is 6.07 Å². The van der Waals surface area contributed by atoms with Crippen LogP contribution in [0.5, 0.6) is 0 Å². The minimum Gasteiger partial charge on any atom is -0.396 e. The second-order valence-corrected chi connectivity index (χ2v) is 4.91. The lowest BCUT2D eigenvalue weighted by atomic mass is 9.94. The quantitative estimate of drug-likeness (QED) is 0.748. The molecule has 1 saturated heterocycles. The number of carbonyl (C=O) groups excluding carboxylic acids is 2. The zero-order valence-electron chi connectivity index (χ0n) is 11.5. The summed E-state index contributed by atoms with van der Waals surface area (Å²) in [5.74, 6) is -0.596. The van der Waals surface area contributed by atoms with Gasteiger partial charge in [0.05, 0.1) is 12.0 Å². The largest absolute Gasteiger partial charge is 0.396 e. The van der Waals surface area contributed by atoms with Crippen molar-refractivity contribution < 1.29 is 14.7 Å². The number of pyridine rings is 1. The smallest absolute Gasteiger partial charge is 0.226 e. The lowest BCUT2D eigenvalue weighted by Crippen LogP contribution is -2.35. The molecule has 20 heavy (non-hydrogen) atoms. The van der Waals surface area contributed by atoms with Crippen LogP contribution >= 0.6 is 0 Å². The summed E-state index contributed by atoms with van der Waals surface area (Å²) in [4.78, 5) is 29.8. The van der Waals surface area contributed by atoms with Crippen molar-refractivity contribution in [1.29, 1.82) is 0 Å². The van der Waals surface area contributed by atoms with Gasteiger partial charge in [0, 0.05) is 39.0 Å². The van der Waals surface area contributed by atoms with Gasteiger partial charge in [0.1, 0.15) is 0 Å². The Bertz CT molecular complexity index is 478. The molecule has 0 spiro atoms. The lowest BCUT2D eigenvalue weighted by Gasteiger charge is -2.24. The Labute approximate surface area is 117 Å². The molecule has 0 aromatic carbocycles. The third-order valence-corrected chi connectivity index (χ3v) is 3.58. The molecule has 2 amide bonds. The van der Waals surface area contributed by atoms with E-state index >= 15 is 0 Å². The number of carbonyl (C=O) groups is 2. The molecule has 2 atom stereocenters. The normalized spacial score (nSPS) is 22.1. The van der Waals surface area contributed by atoms with E-state index in [-0.39, 0.29) is 30.9 Å². The van der Waals surface area contributed by atoms with Crippen LogP contribution in [-0.4, -0.2) is 47.0 Å². The Kier molecular flexibility index (Phi) is 4.68. The number of nitrogens with one attached hydrogen (secondary N) is 1. The number of hydrogen-bond acceptors (Lipinski definition) is 4. The van der Waals surface area contributed by atoms with Crippen molar-refractivity contribution in [2.24, 2.45) is 5.92 Å². The van der Waals surface area contributed by atoms with E-state index in [4.69, 9.17) is 5.11 Å². The highest BCUT2D eigenvalue weighted by molar-refractivity contribution is 5.90. The molecular formula is C14H19N3O3. The first-order valence-electron chi connectivity index (χ1n) is 6.69. The SMILES string of the molecule is CN1C(=O)C[C@H](C(=O)NCCCO)[C@H]1c1cccnc1. The van der Waals surface area contributed by atoms with Crippen LogP contribution in [0.4, 0.5) is 0 Å². The van der Waals surface area contributed by atoms with Gasteiger partial charge < -0.3 is 15.3 Å². The minimum absolute atomic E-state index is 0.0375. The number of aliphatic hydroxyl groups is 1. The molecule has 2 rings (SSSR count). The maximum absolute atomic E-state index is 12.2. The highest BCUT2D eigenvalue weighted by Gasteiger charge is 2.42. The van der Waals surface area contributed by atoms with Crippen molar-refractivity contribution >= 4 is 11.8 Å². The molecular weight excluding hydrogens is 258 g/mol. The summed E-state index contributed by atoms with van der Waals surface area (Å²) in [6, 6.07) is 3.40. The van der Waals surface area contributed by atoms with Gasteiger partial charge in [-0.2, -0.15) is 0 Å². The highest BCUT2D eigenvalue weighted by Crippen LogP contribution is 2.36. The second kappa shape index (κ2) is 6.47. The van der Waals surface area contributed by atoms with Gasteiger partial charge in [0.15, 0.2) is 0 Å². The van der Waals surface area contributed by atoms with E-state index < -0.39 is 5.92 Å². The molecule has 0 unspecified atom stereocenters. The molecule has 0 saturated carbocycles. The standard InChI is InChI=1S/C14H19N3O3/c1-17-12(19)8-11(14(20)16-6-3-7-18)13(17)10-4-2-5-15-9-10/h2,4-5,9,11,13,18H,3,6-8H2,1H3,(H,16,20)/t11-,13+/m0/s1. The van der Waals surface area contributed by atoms with Gasteiger partial charge in [-0.15, -0.1) is 0 Å². The van der Waals surface area contributed by atoms with Crippen LogP contribution in [0.25, 0.3) is 0 Å². The average Bonchev–Trinajstić information content (AvgIpc) is 2.76. The van der Waals surface area contributed by atoms with Gasteiger partial charge in [-0.05, 0) is 18.1 Å². The molecule has 1 aliphatic rings. The van der Waals surface area contributed by atoms with Crippen molar-refractivity contribution in [1.82, 2.24) is 15.2 Å². The predicted octanol–water partition coefficient (Wildman–Crippen LogP) is 0.0996. The van der Waals surface area contributed by atoms with Gasteiger partial charge in [0.25, 0.3) is 0 Å². The molecule has 1 aromatic heterocycles. The predicted molar refractivity (Wildman–Crippen MR) is 72.6 cm³/mol. The summed E-state index contributed by atoms with van der Waals surface area (Å²) in [5.41, 5.74) is 0.864. The van der Waals surface area contributed by atoms with E-state index in [0.29, 0.717) is 13.0 Å². The van der Waals surface area contributed by atoms with Crippen LogP contribution in [0.3, 0.4) is 0 Å².